The van der Waals surface area contributed by atoms with Crippen LogP contribution in [-0.4, -0.2) is 34.8 Å². The van der Waals surface area contributed by atoms with Crippen molar-refractivity contribution in [2.45, 2.75) is 25.3 Å². The van der Waals surface area contributed by atoms with Gasteiger partial charge in [-0.15, -0.1) is 11.3 Å². The molecular weight excluding hydrogens is 389 g/mol. The van der Waals surface area contributed by atoms with Crippen molar-refractivity contribution in [1.82, 2.24) is 9.88 Å². The molecule has 2 aliphatic rings. The number of carbonyl (C=O) groups excluding carboxylic acids is 2. The van der Waals surface area contributed by atoms with Crippen LogP contribution in [0.1, 0.15) is 30.3 Å². The highest BCUT2D eigenvalue weighted by Crippen LogP contribution is 2.38. The van der Waals surface area contributed by atoms with E-state index in [4.69, 9.17) is 4.98 Å². The minimum absolute atomic E-state index is 0.0288. The van der Waals surface area contributed by atoms with Crippen LogP contribution in [0.4, 0.5) is 10.1 Å². The third kappa shape index (κ3) is 3.19. The molecule has 0 N–H and O–H groups in total. The lowest BCUT2D eigenvalue weighted by atomic mass is 10.1. The molecule has 2 atom stereocenters. The average molecular weight is 409 g/mol. The number of rotatable bonds is 3. The zero-order valence-electron chi connectivity index (χ0n) is 15.8. The van der Waals surface area contributed by atoms with E-state index in [1.54, 1.807) is 29.5 Å². The van der Waals surface area contributed by atoms with Crippen LogP contribution >= 0.6 is 11.3 Å². The van der Waals surface area contributed by atoms with Gasteiger partial charge in [0.15, 0.2) is 0 Å². The van der Waals surface area contributed by atoms with E-state index in [0.29, 0.717) is 6.54 Å². The van der Waals surface area contributed by atoms with Gasteiger partial charge in [-0.1, -0.05) is 24.3 Å². The minimum atomic E-state index is -0.447. The summed E-state index contributed by atoms with van der Waals surface area (Å²) in [5.41, 5.74) is 1.20. The van der Waals surface area contributed by atoms with Crippen LogP contribution in [0.2, 0.25) is 0 Å². The Kier molecular flexibility index (Phi) is 4.54. The second kappa shape index (κ2) is 7.22. The van der Waals surface area contributed by atoms with Gasteiger partial charge in [-0.2, -0.15) is 0 Å². The molecule has 2 aromatic carbocycles. The number of hydrogen-bond acceptors (Lipinski definition) is 4. The highest BCUT2D eigenvalue weighted by Gasteiger charge is 2.41. The Morgan fingerprint density at radius 1 is 1.14 bits per heavy atom. The number of hydrogen-bond donors (Lipinski definition) is 0. The molecule has 3 heterocycles. The van der Waals surface area contributed by atoms with Crippen molar-refractivity contribution in [1.29, 1.82) is 0 Å². The normalized spacial score (nSPS) is 22.0. The van der Waals surface area contributed by atoms with Crippen LogP contribution in [0.3, 0.4) is 0 Å². The maximum atomic E-state index is 14.1. The van der Waals surface area contributed by atoms with Crippen molar-refractivity contribution in [2.75, 3.05) is 18.0 Å². The summed E-state index contributed by atoms with van der Waals surface area (Å²) in [4.78, 5) is 33.8. The summed E-state index contributed by atoms with van der Waals surface area (Å²) < 4.78 is 15.2. The topological polar surface area (TPSA) is 53.5 Å². The molecule has 0 spiro atoms. The Hall–Kier alpha value is -2.80. The van der Waals surface area contributed by atoms with Crippen molar-refractivity contribution in [2.24, 2.45) is 5.92 Å². The van der Waals surface area contributed by atoms with E-state index in [2.05, 4.69) is 0 Å². The molecule has 3 aromatic rings. The van der Waals surface area contributed by atoms with Gasteiger partial charge < -0.3 is 9.80 Å². The van der Waals surface area contributed by atoms with Crippen molar-refractivity contribution >= 4 is 39.1 Å². The van der Waals surface area contributed by atoms with Crippen LogP contribution in [0, 0.1) is 11.7 Å². The molecule has 0 unspecified atom stereocenters. The fourth-order valence-corrected chi connectivity index (χ4v) is 5.45. The lowest BCUT2D eigenvalue weighted by Crippen LogP contribution is -2.37. The number of thiazole rings is 1. The molecule has 2 fully saturated rings. The summed E-state index contributed by atoms with van der Waals surface area (Å²) >= 11 is 1.63. The van der Waals surface area contributed by atoms with Gasteiger partial charge in [-0.25, -0.2) is 9.37 Å². The van der Waals surface area contributed by atoms with Gasteiger partial charge in [0.25, 0.3) is 0 Å². The Labute approximate surface area is 171 Å². The molecule has 2 amide bonds. The first-order valence-electron chi connectivity index (χ1n) is 9.82. The number of benzene rings is 2. The fraction of sp³-hybridized carbons (Fsp3) is 0.318. The molecule has 7 heteroatoms. The molecule has 0 bridgehead atoms. The fourth-order valence-electron chi connectivity index (χ4n) is 4.33. The van der Waals surface area contributed by atoms with Gasteiger partial charge in [-0.3, -0.25) is 9.59 Å². The molecule has 5 nitrogen and oxygen atoms in total. The van der Waals surface area contributed by atoms with E-state index in [1.165, 1.54) is 11.0 Å². The summed E-state index contributed by atoms with van der Waals surface area (Å²) in [6.07, 6.45) is 1.92. The standard InChI is InChI=1S/C22H20FN3O2S/c23-15-6-1-3-8-17(15)26-13-14(12-20(26)27)22(28)25-11-5-9-18(25)21-24-16-7-2-4-10-19(16)29-21/h1-4,6-8,10,14,18H,5,9,11-13H2/t14-,18+/m0/s1. The molecule has 0 saturated carbocycles. The first-order valence-corrected chi connectivity index (χ1v) is 10.6. The van der Waals surface area contributed by atoms with E-state index in [0.717, 1.165) is 28.1 Å². The summed E-state index contributed by atoms with van der Waals surface area (Å²) in [6, 6.07) is 14.1. The van der Waals surface area contributed by atoms with Crippen LogP contribution in [0.15, 0.2) is 48.5 Å². The number of nitrogens with zero attached hydrogens (tertiary/aromatic N) is 3. The lowest BCUT2D eigenvalue weighted by Gasteiger charge is -2.26. The molecule has 1 aromatic heterocycles. The van der Waals surface area contributed by atoms with E-state index in [9.17, 15) is 14.0 Å². The molecule has 5 rings (SSSR count). The van der Waals surface area contributed by atoms with Crippen LogP contribution < -0.4 is 4.90 Å². The Morgan fingerprint density at radius 3 is 2.76 bits per heavy atom. The van der Waals surface area contributed by atoms with E-state index >= 15 is 0 Å². The molecule has 2 saturated heterocycles. The lowest BCUT2D eigenvalue weighted by molar-refractivity contribution is -0.136. The van der Waals surface area contributed by atoms with E-state index in [1.807, 2.05) is 29.2 Å². The SMILES string of the molecule is O=C1C[C@H](C(=O)N2CCC[C@@H]2c2nc3ccccc3s2)CN1c1ccccc1F. The molecule has 148 valence electrons. The number of fused-ring (bicyclic) bond motifs is 1. The monoisotopic (exact) mass is 409 g/mol. The van der Waals surface area contributed by atoms with Crippen LogP contribution in [0.5, 0.6) is 0 Å². The van der Waals surface area contributed by atoms with Crippen LogP contribution in [-0.2, 0) is 9.59 Å². The average Bonchev–Trinajstić information content (AvgIpc) is 3.45. The van der Waals surface area contributed by atoms with Gasteiger partial charge >= 0.3 is 0 Å². The predicted molar refractivity (Wildman–Crippen MR) is 110 cm³/mol. The van der Waals surface area contributed by atoms with Crippen molar-refractivity contribution < 1.29 is 14.0 Å². The Bertz CT molecular complexity index is 1070. The minimum Gasteiger partial charge on any atom is -0.333 e. The smallest absolute Gasteiger partial charge is 0.228 e. The first kappa shape index (κ1) is 18.2. The van der Waals surface area contributed by atoms with Gasteiger partial charge in [0.1, 0.15) is 10.8 Å². The van der Waals surface area contributed by atoms with Gasteiger partial charge in [0.05, 0.1) is 27.9 Å². The zero-order chi connectivity index (χ0) is 20.0. The summed E-state index contributed by atoms with van der Waals surface area (Å²) in [5.74, 6) is -1.12. The third-order valence-electron chi connectivity index (χ3n) is 5.75. The Balaban J connectivity index is 1.37. The van der Waals surface area contributed by atoms with Gasteiger partial charge in [0.2, 0.25) is 11.8 Å². The number of para-hydroxylation sites is 2. The number of halogens is 1. The predicted octanol–water partition coefficient (Wildman–Crippen LogP) is 4.15. The van der Waals surface area contributed by atoms with E-state index in [-0.39, 0.29) is 36.5 Å². The molecule has 2 aliphatic heterocycles. The molecular formula is C22H20FN3O2S. The van der Waals surface area contributed by atoms with Crippen molar-refractivity contribution in [3.63, 3.8) is 0 Å². The molecule has 29 heavy (non-hydrogen) atoms. The van der Waals surface area contributed by atoms with E-state index < -0.39 is 11.7 Å². The third-order valence-corrected chi connectivity index (χ3v) is 6.89. The summed E-state index contributed by atoms with van der Waals surface area (Å²) in [7, 11) is 0. The zero-order valence-corrected chi connectivity index (χ0v) is 16.6. The van der Waals surface area contributed by atoms with Gasteiger partial charge in [0, 0.05) is 19.5 Å². The summed E-state index contributed by atoms with van der Waals surface area (Å²) in [6.45, 7) is 0.894. The largest absolute Gasteiger partial charge is 0.333 e. The number of anilines is 1. The maximum absolute atomic E-state index is 14.1. The van der Waals surface area contributed by atoms with Crippen molar-refractivity contribution in [3.8, 4) is 0 Å². The van der Waals surface area contributed by atoms with Crippen LogP contribution in [0.25, 0.3) is 10.2 Å². The highest BCUT2D eigenvalue weighted by atomic mass is 32.1. The Morgan fingerprint density at radius 2 is 1.93 bits per heavy atom. The maximum Gasteiger partial charge on any atom is 0.228 e. The number of aromatic nitrogens is 1. The second-order valence-electron chi connectivity index (χ2n) is 7.57. The summed E-state index contributed by atoms with van der Waals surface area (Å²) in [5, 5.41) is 0.951. The molecule has 0 radical (unpaired) electrons. The van der Waals surface area contributed by atoms with Crippen molar-refractivity contribution in [3.05, 3.63) is 59.4 Å². The van der Waals surface area contributed by atoms with Gasteiger partial charge in [-0.05, 0) is 37.1 Å². The second-order valence-corrected chi connectivity index (χ2v) is 8.63. The number of amides is 2. The number of carbonyl (C=O) groups is 2. The molecule has 0 aliphatic carbocycles. The number of likely N-dealkylation sites (tertiary alicyclic amines) is 1. The quantitative estimate of drug-likeness (QED) is 0.653. The first-order chi connectivity index (χ1) is 14.1. The highest BCUT2D eigenvalue weighted by molar-refractivity contribution is 7.18.